The largest absolute Gasteiger partial charge is 0.481 e. The monoisotopic (exact) mass is 232 g/mol. The molecule has 0 bridgehead atoms. The normalized spacial score (nSPS) is 10.3. The van der Waals surface area contributed by atoms with Crippen LogP contribution in [0.1, 0.15) is 5.56 Å². The summed E-state index contributed by atoms with van der Waals surface area (Å²) in [5, 5.41) is 0. The molecule has 0 radical (unpaired) electrons. The topological polar surface area (TPSA) is 48.1 Å². The van der Waals surface area contributed by atoms with Gasteiger partial charge in [-0.1, -0.05) is 6.07 Å². The Labute approximate surface area is 99.1 Å². The molecule has 2 rings (SSSR count). The van der Waals surface area contributed by atoms with E-state index in [0.717, 1.165) is 16.7 Å². The molecule has 0 spiro atoms. The second-order valence-electron chi connectivity index (χ2n) is 3.59. The molecule has 0 fully saturated rings. The molecule has 0 aliphatic rings. The first-order valence-corrected chi connectivity index (χ1v) is 5.23. The number of hydrogen-bond acceptors (Lipinski definition) is 3. The number of pyridine rings is 1. The van der Waals surface area contributed by atoms with Crippen molar-refractivity contribution in [3.63, 3.8) is 0 Å². The van der Waals surface area contributed by atoms with Crippen molar-refractivity contribution in [2.45, 2.75) is 6.54 Å². The van der Waals surface area contributed by atoms with Gasteiger partial charge in [0.1, 0.15) is 5.82 Å². The molecule has 1 heterocycles. The summed E-state index contributed by atoms with van der Waals surface area (Å²) in [5.74, 6) is 0.243. The first kappa shape index (κ1) is 11.5. The maximum Gasteiger partial charge on any atom is 0.212 e. The highest BCUT2D eigenvalue weighted by molar-refractivity contribution is 5.66. The van der Waals surface area contributed by atoms with Crippen LogP contribution in [-0.4, -0.2) is 12.1 Å². The van der Waals surface area contributed by atoms with Gasteiger partial charge in [0.05, 0.1) is 7.11 Å². The molecule has 3 nitrogen and oxygen atoms in total. The number of nitrogens with two attached hydrogens (primary N) is 1. The summed E-state index contributed by atoms with van der Waals surface area (Å²) >= 11 is 0. The van der Waals surface area contributed by atoms with Crippen LogP contribution in [0, 0.1) is 5.82 Å². The van der Waals surface area contributed by atoms with Crippen molar-refractivity contribution in [3.05, 3.63) is 47.9 Å². The van der Waals surface area contributed by atoms with Crippen molar-refractivity contribution in [1.82, 2.24) is 4.98 Å². The van der Waals surface area contributed by atoms with Crippen LogP contribution in [-0.2, 0) is 6.54 Å². The van der Waals surface area contributed by atoms with Crippen molar-refractivity contribution in [1.29, 1.82) is 0 Å². The molecule has 0 aliphatic heterocycles. The summed E-state index contributed by atoms with van der Waals surface area (Å²) in [7, 11) is 1.55. The third kappa shape index (κ3) is 2.42. The summed E-state index contributed by atoms with van der Waals surface area (Å²) in [6.45, 7) is 0.363. The highest BCUT2D eigenvalue weighted by Crippen LogP contribution is 2.25. The Balaban J connectivity index is 2.47. The van der Waals surface area contributed by atoms with Crippen molar-refractivity contribution in [2.75, 3.05) is 7.11 Å². The van der Waals surface area contributed by atoms with Gasteiger partial charge in [-0.05, 0) is 29.3 Å². The number of hydrogen-bond donors (Lipinski definition) is 1. The minimum atomic E-state index is -0.284. The van der Waals surface area contributed by atoms with Crippen LogP contribution in [0.3, 0.4) is 0 Å². The van der Waals surface area contributed by atoms with Gasteiger partial charge in [-0.2, -0.15) is 0 Å². The second kappa shape index (κ2) is 4.93. The van der Waals surface area contributed by atoms with Crippen molar-refractivity contribution in [3.8, 4) is 17.0 Å². The van der Waals surface area contributed by atoms with Crippen LogP contribution < -0.4 is 10.5 Å². The van der Waals surface area contributed by atoms with Crippen LogP contribution in [0.25, 0.3) is 11.1 Å². The average molecular weight is 232 g/mol. The number of methoxy groups -OCH3 is 1. The fraction of sp³-hybridized carbons (Fsp3) is 0.154. The molecule has 88 valence electrons. The lowest BCUT2D eigenvalue weighted by atomic mass is 10.0. The standard InChI is InChI=1S/C13H13FN2O/c1-17-13-5-3-10(8-16-13)12-6-11(14)4-2-9(12)7-15/h2-6,8H,7,15H2,1H3. The molecule has 0 unspecified atom stereocenters. The van der Waals surface area contributed by atoms with E-state index in [1.54, 1.807) is 25.4 Å². The van der Waals surface area contributed by atoms with Gasteiger partial charge in [0.25, 0.3) is 0 Å². The average Bonchev–Trinajstić information content (AvgIpc) is 2.39. The molecule has 2 aromatic rings. The Kier molecular flexibility index (Phi) is 3.35. The molecular formula is C13H13FN2O. The second-order valence-corrected chi connectivity index (χ2v) is 3.59. The lowest BCUT2D eigenvalue weighted by Crippen LogP contribution is -1.99. The van der Waals surface area contributed by atoms with Crippen LogP contribution in [0.5, 0.6) is 5.88 Å². The lowest BCUT2D eigenvalue weighted by molar-refractivity contribution is 0.398. The number of benzene rings is 1. The van der Waals surface area contributed by atoms with Crippen molar-refractivity contribution in [2.24, 2.45) is 5.73 Å². The first-order valence-electron chi connectivity index (χ1n) is 5.23. The van der Waals surface area contributed by atoms with Gasteiger partial charge in [-0.15, -0.1) is 0 Å². The number of nitrogens with zero attached hydrogens (tertiary/aromatic N) is 1. The Hall–Kier alpha value is -1.94. The molecule has 0 amide bonds. The Morgan fingerprint density at radius 2 is 2.12 bits per heavy atom. The van der Waals surface area contributed by atoms with Gasteiger partial charge < -0.3 is 10.5 Å². The minimum Gasteiger partial charge on any atom is -0.481 e. The summed E-state index contributed by atoms with van der Waals surface area (Å²) in [4.78, 5) is 4.09. The highest BCUT2D eigenvalue weighted by Gasteiger charge is 2.06. The van der Waals surface area contributed by atoms with Gasteiger partial charge in [0, 0.05) is 24.4 Å². The van der Waals surface area contributed by atoms with Gasteiger partial charge in [0.2, 0.25) is 5.88 Å². The Morgan fingerprint density at radius 3 is 2.71 bits per heavy atom. The summed E-state index contributed by atoms with van der Waals surface area (Å²) in [6, 6.07) is 8.13. The maximum absolute atomic E-state index is 13.2. The van der Waals surface area contributed by atoms with E-state index in [0.29, 0.717) is 12.4 Å². The van der Waals surface area contributed by atoms with Crippen LogP contribution in [0.15, 0.2) is 36.5 Å². The smallest absolute Gasteiger partial charge is 0.212 e. The number of rotatable bonds is 3. The van der Waals surface area contributed by atoms with Crippen LogP contribution in [0.4, 0.5) is 4.39 Å². The van der Waals surface area contributed by atoms with Gasteiger partial charge in [-0.3, -0.25) is 0 Å². The molecule has 0 atom stereocenters. The fourth-order valence-electron chi connectivity index (χ4n) is 1.66. The third-order valence-electron chi connectivity index (χ3n) is 2.55. The molecule has 17 heavy (non-hydrogen) atoms. The highest BCUT2D eigenvalue weighted by atomic mass is 19.1. The van der Waals surface area contributed by atoms with E-state index in [-0.39, 0.29) is 5.82 Å². The maximum atomic E-state index is 13.2. The molecule has 1 aromatic carbocycles. The predicted molar refractivity (Wildman–Crippen MR) is 64.1 cm³/mol. The zero-order valence-corrected chi connectivity index (χ0v) is 9.48. The zero-order valence-electron chi connectivity index (χ0n) is 9.48. The van der Waals surface area contributed by atoms with Crippen LogP contribution >= 0.6 is 0 Å². The SMILES string of the molecule is COc1ccc(-c2cc(F)ccc2CN)cn1. The molecule has 0 saturated carbocycles. The van der Waals surface area contributed by atoms with Crippen LogP contribution in [0.2, 0.25) is 0 Å². The molecule has 2 N–H and O–H groups in total. The van der Waals surface area contributed by atoms with E-state index < -0.39 is 0 Å². The van der Waals surface area contributed by atoms with Crippen molar-refractivity contribution < 1.29 is 9.13 Å². The summed E-state index contributed by atoms with van der Waals surface area (Å²) in [5.41, 5.74) is 8.11. The molecule has 0 aliphatic carbocycles. The quantitative estimate of drug-likeness (QED) is 0.883. The third-order valence-corrected chi connectivity index (χ3v) is 2.55. The Bertz CT molecular complexity index is 511. The summed E-state index contributed by atoms with van der Waals surface area (Å²) in [6.07, 6.45) is 1.65. The minimum absolute atomic E-state index is 0.284. The molecule has 1 aromatic heterocycles. The first-order chi connectivity index (χ1) is 8.24. The lowest BCUT2D eigenvalue weighted by Gasteiger charge is -2.08. The molecule has 4 heteroatoms. The van der Waals surface area contributed by atoms with E-state index in [2.05, 4.69) is 4.98 Å². The number of aromatic nitrogens is 1. The van der Waals surface area contributed by atoms with E-state index >= 15 is 0 Å². The number of ether oxygens (including phenoxy) is 1. The summed E-state index contributed by atoms with van der Waals surface area (Å²) < 4.78 is 18.2. The predicted octanol–water partition coefficient (Wildman–Crippen LogP) is 2.36. The van der Waals surface area contributed by atoms with E-state index in [1.807, 2.05) is 6.07 Å². The fourth-order valence-corrected chi connectivity index (χ4v) is 1.66. The Morgan fingerprint density at radius 1 is 1.29 bits per heavy atom. The van der Waals surface area contributed by atoms with Gasteiger partial charge in [0.15, 0.2) is 0 Å². The van der Waals surface area contributed by atoms with E-state index in [4.69, 9.17) is 10.5 Å². The van der Waals surface area contributed by atoms with E-state index in [1.165, 1.54) is 12.1 Å². The molecular weight excluding hydrogens is 219 g/mol. The van der Waals surface area contributed by atoms with Gasteiger partial charge >= 0.3 is 0 Å². The number of halogens is 1. The van der Waals surface area contributed by atoms with E-state index in [9.17, 15) is 4.39 Å². The van der Waals surface area contributed by atoms with Crippen molar-refractivity contribution >= 4 is 0 Å². The zero-order chi connectivity index (χ0) is 12.3. The molecule has 0 saturated heterocycles. The van der Waals surface area contributed by atoms with Gasteiger partial charge in [-0.25, -0.2) is 9.37 Å².